The number of nitrogens with one attached hydrogen (secondary N) is 1. The molecule has 0 aromatic heterocycles. The number of carbonyl (C=O) groups excluding carboxylic acids is 1. The summed E-state index contributed by atoms with van der Waals surface area (Å²) < 4.78 is 0. The van der Waals surface area contributed by atoms with Gasteiger partial charge in [-0.15, -0.1) is 0 Å². The lowest BCUT2D eigenvalue weighted by molar-refractivity contribution is -0.123. The van der Waals surface area contributed by atoms with E-state index < -0.39 is 12.1 Å². The molecule has 0 bridgehead atoms. The summed E-state index contributed by atoms with van der Waals surface area (Å²) in [5.41, 5.74) is 0. The summed E-state index contributed by atoms with van der Waals surface area (Å²) in [6.07, 6.45) is 66.8. The lowest BCUT2D eigenvalue weighted by atomic mass is 10.0. The molecule has 0 rings (SSSR count). The van der Waals surface area contributed by atoms with Crippen LogP contribution in [0.2, 0.25) is 0 Å². The summed E-state index contributed by atoms with van der Waals surface area (Å²) in [7, 11) is 0. The Morgan fingerprint density at radius 3 is 1.16 bits per heavy atom. The topological polar surface area (TPSA) is 69.6 Å². The monoisotopic (exact) mass is 798 g/mol. The summed E-state index contributed by atoms with van der Waals surface area (Å²) in [4.78, 5) is 12.4. The SMILES string of the molecule is CC/C=C\C/C=C\C/C=C\C/C=C\CCCCCCCCCCCCCCCCCCCCCCCCCCC(=O)NC(CO)C(O)CCCCCCCCCC. The Bertz CT molecular complexity index is 908. The van der Waals surface area contributed by atoms with Gasteiger partial charge >= 0.3 is 0 Å². The maximum atomic E-state index is 12.4. The predicted octanol–water partition coefficient (Wildman–Crippen LogP) is 16.3. The van der Waals surface area contributed by atoms with Gasteiger partial charge in [0.1, 0.15) is 0 Å². The average molecular weight is 798 g/mol. The number of rotatable bonds is 46. The average Bonchev–Trinajstić information content (AvgIpc) is 3.22. The Morgan fingerprint density at radius 1 is 0.439 bits per heavy atom. The zero-order valence-electron chi connectivity index (χ0n) is 38.4. The van der Waals surface area contributed by atoms with Gasteiger partial charge in [0.25, 0.3) is 0 Å². The molecule has 0 aliphatic heterocycles. The smallest absolute Gasteiger partial charge is 0.220 e. The summed E-state index contributed by atoms with van der Waals surface area (Å²) in [6.45, 7) is 4.22. The van der Waals surface area contributed by atoms with Gasteiger partial charge in [-0.25, -0.2) is 0 Å². The number of aliphatic hydroxyl groups excluding tert-OH is 2. The molecule has 0 aliphatic rings. The van der Waals surface area contributed by atoms with Crippen molar-refractivity contribution in [3.63, 3.8) is 0 Å². The van der Waals surface area contributed by atoms with Gasteiger partial charge in [-0.2, -0.15) is 0 Å². The molecule has 0 aliphatic carbocycles. The molecule has 0 aromatic carbocycles. The van der Waals surface area contributed by atoms with E-state index in [0.717, 1.165) is 51.4 Å². The third-order valence-electron chi connectivity index (χ3n) is 11.6. The van der Waals surface area contributed by atoms with Crippen molar-refractivity contribution in [3.8, 4) is 0 Å². The van der Waals surface area contributed by atoms with Crippen molar-refractivity contribution in [3.05, 3.63) is 48.6 Å². The summed E-state index contributed by atoms with van der Waals surface area (Å²) >= 11 is 0. The first-order valence-corrected chi connectivity index (χ1v) is 25.3. The van der Waals surface area contributed by atoms with E-state index in [1.54, 1.807) is 0 Å². The van der Waals surface area contributed by atoms with Crippen LogP contribution in [-0.2, 0) is 4.79 Å². The second-order valence-electron chi connectivity index (χ2n) is 17.2. The van der Waals surface area contributed by atoms with Crippen LogP contribution in [0.5, 0.6) is 0 Å². The standard InChI is InChI=1S/C53H99NO3/c1-3-5-7-9-11-13-14-15-16-17-18-19-20-21-22-23-24-25-26-27-28-29-30-31-32-33-34-35-36-37-38-39-40-41-43-45-47-49-53(57)54-51(50-55)52(56)48-46-44-42-12-10-8-6-4-2/h5,7,11,13,15-16,18-19,51-52,55-56H,3-4,6,8-10,12,14,17,20-50H2,1-2H3,(H,54,57)/b7-5-,13-11-,16-15-,19-18-. The highest BCUT2D eigenvalue weighted by molar-refractivity contribution is 5.76. The number of amides is 1. The van der Waals surface area contributed by atoms with E-state index in [0.29, 0.717) is 12.8 Å². The highest BCUT2D eigenvalue weighted by Crippen LogP contribution is 2.17. The van der Waals surface area contributed by atoms with Crippen molar-refractivity contribution < 1.29 is 15.0 Å². The predicted molar refractivity (Wildman–Crippen MR) is 253 cm³/mol. The Hall–Kier alpha value is -1.65. The van der Waals surface area contributed by atoms with Crippen LogP contribution in [-0.4, -0.2) is 34.9 Å². The van der Waals surface area contributed by atoms with Crippen molar-refractivity contribution in [1.82, 2.24) is 5.32 Å². The molecule has 0 heterocycles. The number of carbonyl (C=O) groups is 1. The first-order chi connectivity index (χ1) is 28.2. The van der Waals surface area contributed by atoms with Crippen LogP contribution in [0.15, 0.2) is 48.6 Å². The molecule has 1 amide bonds. The quantitative estimate of drug-likeness (QED) is 0.0424. The lowest BCUT2D eigenvalue weighted by Gasteiger charge is -2.22. The number of unbranched alkanes of at least 4 members (excludes halogenated alkanes) is 31. The molecule has 0 saturated heterocycles. The molecule has 0 spiro atoms. The van der Waals surface area contributed by atoms with E-state index in [1.807, 2.05) is 0 Å². The lowest BCUT2D eigenvalue weighted by Crippen LogP contribution is -2.45. The van der Waals surface area contributed by atoms with E-state index in [9.17, 15) is 15.0 Å². The largest absolute Gasteiger partial charge is 0.394 e. The minimum absolute atomic E-state index is 0.0313. The molecule has 2 unspecified atom stereocenters. The highest BCUT2D eigenvalue weighted by atomic mass is 16.3. The molecule has 0 saturated carbocycles. The van der Waals surface area contributed by atoms with Crippen molar-refractivity contribution in [2.24, 2.45) is 0 Å². The van der Waals surface area contributed by atoms with Gasteiger partial charge in [0.15, 0.2) is 0 Å². The van der Waals surface area contributed by atoms with Crippen LogP contribution in [0, 0.1) is 0 Å². The van der Waals surface area contributed by atoms with Crippen LogP contribution in [0.1, 0.15) is 264 Å². The molecule has 4 heteroatoms. The van der Waals surface area contributed by atoms with Gasteiger partial charge in [-0.1, -0.05) is 255 Å². The molecule has 0 fully saturated rings. The zero-order chi connectivity index (χ0) is 41.4. The van der Waals surface area contributed by atoms with Crippen molar-refractivity contribution in [2.45, 2.75) is 276 Å². The van der Waals surface area contributed by atoms with E-state index in [2.05, 4.69) is 67.8 Å². The molecule has 0 aromatic rings. The molecule has 57 heavy (non-hydrogen) atoms. The minimum Gasteiger partial charge on any atom is -0.394 e. The number of hydrogen-bond acceptors (Lipinski definition) is 3. The van der Waals surface area contributed by atoms with Gasteiger partial charge in [0.2, 0.25) is 5.91 Å². The maximum absolute atomic E-state index is 12.4. The van der Waals surface area contributed by atoms with Crippen molar-refractivity contribution in [1.29, 1.82) is 0 Å². The fraction of sp³-hybridized carbons (Fsp3) is 0.830. The number of aliphatic hydroxyl groups is 2. The van der Waals surface area contributed by atoms with E-state index in [4.69, 9.17) is 0 Å². The molecule has 4 nitrogen and oxygen atoms in total. The molecule has 0 radical (unpaired) electrons. The van der Waals surface area contributed by atoms with Gasteiger partial charge in [-0.3, -0.25) is 4.79 Å². The second-order valence-corrected chi connectivity index (χ2v) is 17.2. The molecule has 2 atom stereocenters. The Kier molecular flexibility index (Phi) is 47.3. The molecular formula is C53H99NO3. The summed E-state index contributed by atoms with van der Waals surface area (Å²) in [5.74, 6) is -0.0313. The van der Waals surface area contributed by atoms with Gasteiger partial charge < -0.3 is 15.5 Å². The number of allylic oxidation sites excluding steroid dienone is 8. The van der Waals surface area contributed by atoms with Gasteiger partial charge in [0.05, 0.1) is 18.8 Å². The van der Waals surface area contributed by atoms with E-state index in [-0.39, 0.29) is 12.5 Å². The third kappa shape index (κ3) is 45.3. The Morgan fingerprint density at radius 2 is 0.772 bits per heavy atom. The Labute approximate surface area is 356 Å². The molecule has 334 valence electrons. The summed E-state index contributed by atoms with van der Waals surface area (Å²) in [6, 6.07) is -0.531. The molecule has 3 N–H and O–H groups in total. The van der Waals surface area contributed by atoms with Crippen LogP contribution >= 0.6 is 0 Å². The zero-order valence-corrected chi connectivity index (χ0v) is 38.4. The van der Waals surface area contributed by atoms with Crippen molar-refractivity contribution in [2.75, 3.05) is 6.61 Å². The maximum Gasteiger partial charge on any atom is 0.220 e. The Balaban J connectivity index is 3.35. The van der Waals surface area contributed by atoms with Gasteiger partial charge in [0, 0.05) is 6.42 Å². The van der Waals surface area contributed by atoms with Gasteiger partial charge in [-0.05, 0) is 51.4 Å². The first kappa shape index (κ1) is 55.4. The van der Waals surface area contributed by atoms with Crippen LogP contribution in [0.25, 0.3) is 0 Å². The molecular weight excluding hydrogens is 699 g/mol. The minimum atomic E-state index is -0.654. The van der Waals surface area contributed by atoms with Crippen LogP contribution < -0.4 is 5.32 Å². The first-order valence-electron chi connectivity index (χ1n) is 25.3. The fourth-order valence-electron chi connectivity index (χ4n) is 7.77. The fourth-order valence-corrected chi connectivity index (χ4v) is 7.77. The van der Waals surface area contributed by atoms with E-state index >= 15 is 0 Å². The van der Waals surface area contributed by atoms with E-state index in [1.165, 1.54) is 186 Å². The number of hydrogen-bond donors (Lipinski definition) is 3. The summed E-state index contributed by atoms with van der Waals surface area (Å²) in [5, 5.41) is 23.0. The second kappa shape index (κ2) is 48.7. The third-order valence-corrected chi connectivity index (χ3v) is 11.6. The highest BCUT2D eigenvalue weighted by Gasteiger charge is 2.20. The van der Waals surface area contributed by atoms with Crippen LogP contribution in [0.4, 0.5) is 0 Å². The normalized spacial score (nSPS) is 13.3. The van der Waals surface area contributed by atoms with Crippen LogP contribution in [0.3, 0.4) is 0 Å². The van der Waals surface area contributed by atoms with Crippen molar-refractivity contribution >= 4 is 5.91 Å².